The summed E-state index contributed by atoms with van der Waals surface area (Å²) in [6, 6.07) is 0.982. The van der Waals surface area contributed by atoms with Gasteiger partial charge in [-0.3, -0.25) is 0 Å². The Balaban J connectivity index is 3.13. The van der Waals surface area contributed by atoms with Gasteiger partial charge in [-0.25, -0.2) is 22.3 Å². The van der Waals surface area contributed by atoms with E-state index < -0.39 is 21.9 Å². The van der Waals surface area contributed by atoms with E-state index in [2.05, 4.69) is 21.2 Å². The number of halogens is 2. The Morgan fingerprint density at radius 1 is 1.50 bits per heavy atom. The van der Waals surface area contributed by atoms with E-state index in [4.69, 9.17) is 5.73 Å². The molecule has 0 atom stereocenters. The van der Waals surface area contributed by atoms with Gasteiger partial charge in [-0.1, -0.05) is 0 Å². The fourth-order valence-corrected chi connectivity index (χ4v) is 3.10. The second kappa shape index (κ2) is 5.53. The van der Waals surface area contributed by atoms with Crippen molar-refractivity contribution in [2.45, 2.75) is 11.8 Å². The molecule has 1 aromatic carbocycles. The van der Waals surface area contributed by atoms with Crippen molar-refractivity contribution < 1.29 is 17.6 Å². The van der Waals surface area contributed by atoms with Crippen LogP contribution in [0.1, 0.15) is 6.92 Å². The molecular formula is C9H11BrFN3O3S. The molecule has 2 amide bonds. The first-order valence-electron chi connectivity index (χ1n) is 4.83. The average Bonchev–Trinajstić information content (AvgIpc) is 2.22. The fourth-order valence-electron chi connectivity index (χ4n) is 1.12. The van der Waals surface area contributed by atoms with Crippen LogP contribution in [0.25, 0.3) is 0 Å². The van der Waals surface area contributed by atoms with Gasteiger partial charge in [0.2, 0.25) is 0 Å². The summed E-state index contributed by atoms with van der Waals surface area (Å²) in [5.74, 6) is -0.751. The number of carbonyl (C=O) groups is 1. The Kier molecular flexibility index (Phi) is 4.52. The molecule has 0 aromatic heterocycles. The quantitative estimate of drug-likeness (QED) is 0.719. The van der Waals surface area contributed by atoms with E-state index in [1.165, 1.54) is 0 Å². The Hall–Kier alpha value is -1.35. The summed E-state index contributed by atoms with van der Waals surface area (Å²) >= 11 is 2.90. The van der Waals surface area contributed by atoms with E-state index in [1.807, 2.05) is 0 Å². The maximum atomic E-state index is 13.1. The smallest absolute Gasteiger partial charge is 0.328 e. The van der Waals surface area contributed by atoms with Crippen molar-refractivity contribution in [1.29, 1.82) is 0 Å². The van der Waals surface area contributed by atoms with Crippen molar-refractivity contribution in [3.8, 4) is 0 Å². The molecule has 0 saturated carbocycles. The van der Waals surface area contributed by atoms with E-state index in [0.717, 1.165) is 12.1 Å². The molecule has 0 bridgehead atoms. The van der Waals surface area contributed by atoms with Crippen LogP contribution >= 0.6 is 15.9 Å². The lowest BCUT2D eigenvalue weighted by atomic mass is 10.3. The molecule has 0 unspecified atom stereocenters. The molecule has 0 heterocycles. The molecule has 100 valence electrons. The molecule has 1 rings (SSSR count). The number of hydrogen-bond donors (Lipinski definition) is 3. The van der Waals surface area contributed by atoms with Crippen LogP contribution in [0.2, 0.25) is 0 Å². The monoisotopic (exact) mass is 339 g/mol. The maximum Gasteiger partial charge on any atom is 0.328 e. The van der Waals surface area contributed by atoms with Crippen LogP contribution in [0, 0.1) is 5.82 Å². The third-order valence-corrected chi connectivity index (χ3v) is 4.19. The summed E-state index contributed by atoms with van der Waals surface area (Å²) in [5.41, 5.74) is 4.96. The second-order valence-electron chi connectivity index (χ2n) is 3.27. The lowest BCUT2D eigenvalue weighted by molar-refractivity contribution is 0.246. The van der Waals surface area contributed by atoms with Crippen molar-refractivity contribution >= 4 is 37.7 Å². The first kappa shape index (κ1) is 14.7. The highest BCUT2D eigenvalue weighted by Gasteiger charge is 2.21. The number of urea groups is 1. The van der Waals surface area contributed by atoms with Crippen LogP contribution in [-0.4, -0.2) is 21.0 Å². The van der Waals surface area contributed by atoms with Crippen LogP contribution < -0.4 is 15.8 Å². The number of carbonyl (C=O) groups excluding carboxylic acids is 1. The normalized spacial score (nSPS) is 11.1. The molecule has 1 aromatic rings. The average molecular weight is 340 g/mol. The van der Waals surface area contributed by atoms with Gasteiger partial charge in [0.25, 0.3) is 10.0 Å². The zero-order chi connectivity index (χ0) is 13.9. The minimum atomic E-state index is -4.11. The first-order valence-corrected chi connectivity index (χ1v) is 7.10. The Labute approximate surface area is 112 Å². The zero-order valence-corrected chi connectivity index (χ0v) is 11.7. The summed E-state index contributed by atoms with van der Waals surface area (Å²) in [6.07, 6.45) is 0. The summed E-state index contributed by atoms with van der Waals surface area (Å²) in [4.78, 5) is 10.9. The van der Waals surface area contributed by atoms with E-state index in [0.29, 0.717) is 0 Å². The van der Waals surface area contributed by atoms with Gasteiger partial charge in [0, 0.05) is 11.0 Å². The van der Waals surface area contributed by atoms with E-state index in [9.17, 15) is 17.6 Å². The molecule has 9 heteroatoms. The molecule has 0 aliphatic carbocycles. The molecule has 0 aliphatic heterocycles. The maximum absolute atomic E-state index is 13.1. The summed E-state index contributed by atoms with van der Waals surface area (Å²) in [5, 5.41) is 2.27. The van der Waals surface area contributed by atoms with Gasteiger partial charge < -0.3 is 11.1 Å². The van der Waals surface area contributed by atoms with Crippen LogP contribution in [0.5, 0.6) is 0 Å². The molecule has 0 saturated heterocycles. The van der Waals surface area contributed by atoms with Gasteiger partial charge in [-0.2, -0.15) is 0 Å². The molecule has 4 N–H and O–H groups in total. The molecule has 0 spiro atoms. The fraction of sp³-hybridized carbons (Fsp3) is 0.222. The number of amides is 2. The molecule has 0 aliphatic rings. The van der Waals surface area contributed by atoms with Gasteiger partial charge in [0.05, 0.1) is 5.69 Å². The third-order valence-electron chi connectivity index (χ3n) is 1.91. The standard InChI is InChI=1S/C9H11BrFN3O3S/c1-2-13-9(15)14-18(16,17)8-4-7(12)6(11)3-5(8)10/h3-4H,2,12H2,1H3,(H2,13,14,15). The van der Waals surface area contributed by atoms with Gasteiger partial charge in [0.1, 0.15) is 10.7 Å². The second-order valence-corrected chi connectivity index (χ2v) is 5.77. The van der Waals surface area contributed by atoms with Crippen molar-refractivity contribution in [3.05, 3.63) is 22.4 Å². The lowest BCUT2D eigenvalue weighted by Gasteiger charge is -2.10. The Morgan fingerprint density at radius 3 is 2.67 bits per heavy atom. The van der Waals surface area contributed by atoms with E-state index in [-0.39, 0.29) is 21.6 Å². The van der Waals surface area contributed by atoms with Crippen LogP contribution in [0.3, 0.4) is 0 Å². The Bertz CT molecular complexity index is 577. The molecule has 0 fully saturated rings. The third kappa shape index (κ3) is 3.33. The lowest BCUT2D eigenvalue weighted by Crippen LogP contribution is -2.39. The number of nitrogens with two attached hydrogens (primary N) is 1. The summed E-state index contributed by atoms with van der Waals surface area (Å²) < 4.78 is 38.5. The summed E-state index contributed by atoms with van der Waals surface area (Å²) in [6.45, 7) is 1.91. The van der Waals surface area contributed by atoms with Crippen LogP contribution in [0.4, 0.5) is 14.9 Å². The molecule has 0 radical (unpaired) electrons. The predicted octanol–water partition coefficient (Wildman–Crippen LogP) is 1.18. The highest BCUT2D eigenvalue weighted by molar-refractivity contribution is 9.10. The van der Waals surface area contributed by atoms with Crippen LogP contribution in [0.15, 0.2) is 21.5 Å². The van der Waals surface area contributed by atoms with Gasteiger partial charge in [-0.05, 0) is 35.0 Å². The predicted molar refractivity (Wildman–Crippen MR) is 67.9 cm³/mol. The highest BCUT2D eigenvalue weighted by Crippen LogP contribution is 2.26. The Morgan fingerprint density at radius 2 is 2.11 bits per heavy atom. The number of nitrogens with one attached hydrogen (secondary N) is 2. The number of nitrogen functional groups attached to an aromatic ring is 1. The van der Waals surface area contributed by atoms with Gasteiger partial charge in [0.15, 0.2) is 0 Å². The minimum absolute atomic E-state index is 0.0222. The van der Waals surface area contributed by atoms with Crippen molar-refractivity contribution in [2.75, 3.05) is 12.3 Å². The van der Waals surface area contributed by atoms with E-state index in [1.54, 1.807) is 11.6 Å². The number of sulfonamides is 1. The molecule has 6 nitrogen and oxygen atoms in total. The van der Waals surface area contributed by atoms with Gasteiger partial charge >= 0.3 is 6.03 Å². The van der Waals surface area contributed by atoms with Crippen LogP contribution in [-0.2, 0) is 10.0 Å². The van der Waals surface area contributed by atoms with E-state index >= 15 is 0 Å². The highest BCUT2D eigenvalue weighted by atomic mass is 79.9. The largest absolute Gasteiger partial charge is 0.396 e. The zero-order valence-electron chi connectivity index (χ0n) is 9.33. The summed E-state index contributed by atoms with van der Waals surface area (Å²) in [7, 11) is -4.11. The number of anilines is 1. The number of benzene rings is 1. The SMILES string of the molecule is CCNC(=O)NS(=O)(=O)c1cc(N)c(F)cc1Br. The first-order chi connectivity index (χ1) is 8.27. The number of hydrogen-bond acceptors (Lipinski definition) is 4. The number of rotatable bonds is 3. The minimum Gasteiger partial charge on any atom is -0.396 e. The van der Waals surface area contributed by atoms with Crippen molar-refractivity contribution in [2.24, 2.45) is 0 Å². The molecule has 18 heavy (non-hydrogen) atoms. The molecular weight excluding hydrogens is 329 g/mol. The van der Waals surface area contributed by atoms with Crippen molar-refractivity contribution in [3.63, 3.8) is 0 Å². The topological polar surface area (TPSA) is 101 Å². The van der Waals surface area contributed by atoms with Gasteiger partial charge in [-0.15, -0.1) is 0 Å². The van der Waals surface area contributed by atoms with Crippen molar-refractivity contribution in [1.82, 2.24) is 10.0 Å².